The second-order valence-corrected chi connectivity index (χ2v) is 7.11. The van der Waals surface area contributed by atoms with Gasteiger partial charge in [0, 0.05) is 37.8 Å². The molecule has 2 amide bonds. The summed E-state index contributed by atoms with van der Waals surface area (Å²) in [6, 6.07) is 7.87. The van der Waals surface area contributed by atoms with E-state index in [4.69, 9.17) is 4.74 Å². The van der Waals surface area contributed by atoms with Crippen molar-refractivity contribution in [2.45, 2.75) is 44.7 Å². The van der Waals surface area contributed by atoms with Gasteiger partial charge in [-0.1, -0.05) is 17.7 Å². The Labute approximate surface area is 143 Å². The molecule has 130 valence electrons. The van der Waals surface area contributed by atoms with Gasteiger partial charge in [-0.25, -0.2) is 0 Å². The zero-order valence-electron chi connectivity index (χ0n) is 14.4. The molecule has 1 saturated heterocycles. The van der Waals surface area contributed by atoms with E-state index in [9.17, 15) is 9.59 Å². The number of aryl methyl sites for hydroxylation is 1. The van der Waals surface area contributed by atoms with Crippen LogP contribution < -0.4 is 10.6 Å². The molecule has 4 unspecified atom stereocenters. The molecule has 1 saturated carbocycles. The van der Waals surface area contributed by atoms with Crippen molar-refractivity contribution in [1.29, 1.82) is 0 Å². The summed E-state index contributed by atoms with van der Waals surface area (Å²) in [6.07, 6.45) is 3.32. The number of ether oxygens (including phenoxy) is 1. The second-order valence-electron chi connectivity index (χ2n) is 7.11. The Bertz CT molecular complexity index is 616. The molecule has 5 heteroatoms. The average molecular weight is 330 g/mol. The topological polar surface area (TPSA) is 67.4 Å². The van der Waals surface area contributed by atoms with Gasteiger partial charge in [-0.15, -0.1) is 0 Å². The van der Waals surface area contributed by atoms with E-state index in [1.54, 1.807) is 7.11 Å². The highest BCUT2D eigenvalue weighted by atomic mass is 16.5. The van der Waals surface area contributed by atoms with Crippen LogP contribution in [-0.2, 0) is 9.53 Å². The highest BCUT2D eigenvalue weighted by Gasteiger charge is 2.40. The average Bonchev–Trinajstić information content (AvgIpc) is 2.54. The first-order valence-electron chi connectivity index (χ1n) is 8.72. The van der Waals surface area contributed by atoms with E-state index >= 15 is 0 Å². The maximum atomic E-state index is 12.4. The predicted molar refractivity (Wildman–Crippen MR) is 91.7 cm³/mol. The fourth-order valence-corrected chi connectivity index (χ4v) is 4.16. The first-order chi connectivity index (χ1) is 11.6. The summed E-state index contributed by atoms with van der Waals surface area (Å²) in [4.78, 5) is 24.4. The van der Waals surface area contributed by atoms with Crippen LogP contribution in [-0.4, -0.2) is 37.6 Å². The van der Waals surface area contributed by atoms with E-state index in [-0.39, 0.29) is 23.9 Å². The minimum atomic E-state index is -0.0299. The van der Waals surface area contributed by atoms with Crippen molar-refractivity contribution >= 4 is 11.8 Å². The molecule has 4 atom stereocenters. The van der Waals surface area contributed by atoms with Crippen LogP contribution in [0.1, 0.15) is 41.6 Å². The van der Waals surface area contributed by atoms with Gasteiger partial charge in [0.15, 0.2) is 0 Å². The molecule has 0 bridgehead atoms. The Hall–Kier alpha value is -1.88. The highest BCUT2D eigenvalue weighted by Crippen LogP contribution is 2.35. The van der Waals surface area contributed by atoms with Crippen molar-refractivity contribution in [2.24, 2.45) is 11.8 Å². The van der Waals surface area contributed by atoms with Crippen molar-refractivity contribution in [1.82, 2.24) is 10.6 Å². The second kappa shape index (κ2) is 7.34. The molecule has 1 aliphatic heterocycles. The molecule has 1 aromatic carbocycles. The summed E-state index contributed by atoms with van der Waals surface area (Å²) in [7, 11) is 1.69. The molecule has 1 heterocycles. The molecule has 1 aliphatic carbocycles. The largest absolute Gasteiger partial charge is 0.384 e. The monoisotopic (exact) mass is 330 g/mol. The first kappa shape index (κ1) is 17.0. The zero-order chi connectivity index (χ0) is 17.1. The predicted octanol–water partition coefficient (Wildman–Crippen LogP) is 2.04. The Kier molecular flexibility index (Phi) is 5.19. The summed E-state index contributed by atoms with van der Waals surface area (Å²) in [5.74, 6) is 0.818. The molecule has 2 fully saturated rings. The number of methoxy groups -OCH3 is 1. The Morgan fingerprint density at radius 1 is 1.38 bits per heavy atom. The highest BCUT2D eigenvalue weighted by molar-refractivity contribution is 5.94. The molecule has 3 rings (SSSR count). The lowest BCUT2D eigenvalue weighted by Gasteiger charge is -2.43. The molecular weight excluding hydrogens is 304 g/mol. The maximum absolute atomic E-state index is 12.4. The molecule has 1 aromatic rings. The van der Waals surface area contributed by atoms with Crippen molar-refractivity contribution in [2.75, 3.05) is 13.7 Å². The van der Waals surface area contributed by atoms with Gasteiger partial charge in [0.25, 0.3) is 5.91 Å². The van der Waals surface area contributed by atoms with Crippen LogP contribution in [0, 0.1) is 18.8 Å². The van der Waals surface area contributed by atoms with Gasteiger partial charge in [-0.05, 0) is 50.2 Å². The quantitative estimate of drug-likeness (QED) is 0.888. The summed E-state index contributed by atoms with van der Waals surface area (Å²) < 4.78 is 5.29. The normalized spacial score (nSPS) is 29.5. The summed E-state index contributed by atoms with van der Waals surface area (Å²) >= 11 is 0. The molecular formula is C19H26N2O3. The van der Waals surface area contributed by atoms with Gasteiger partial charge in [0.05, 0.1) is 0 Å². The van der Waals surface area contributed by atoms with Gasteiger partial charge in [-0.3, -0.25) is 9.59 Å². The van der Waals surface area contributed by atoms with Gasteiger partial charge in [0.2, 0.25) is 5.91 Å². The number of amides is 2. The van der Waals surface area contributed by atoms with Crippen LogP contribution in [0.2, 0.25) is 0 Å². The lowest BCUT2D eigenvalue weighted by atomic mass is 9.71. The fourth-order valence-electron chi connectivity index (χ4n) is 4.16. The third-order valence-corrected chi connectivity index (χ3v) is 5.30. The van der Waals surface area contributed by atoms with Crippen molar-refractivity contribution in [3.63, 3.8) is 0 Å². The number of piperidine rings is 1. The molecule has 0 spiro atoms. The number of carbonyl (C=O) groups excluding carboxylic acids is 2. The number of carbonyl (C=O) groups is 2. The van der Waals surface area contributed by atoms with Gasteiger partial charge in [0.1, 0.15) is 0 Å². The third kappa shape index (κ3) is 3.78. The van der Waals surface area contributed by atoms with Crippen LogP contribution >= 0.6 is 0 Å². The fraction of sp³-hybridized carbons (Fsp3) is 0.579. The molecule has 24 heavy (non-hydrogen) atoms. The summed E-state index contributed by atoms with van der Waals surface area (Å²) in [5.41, 5.74) is 1.77. The van der Waals surface area contributed by atoms with E-state index < -0.39 is 0 Å². The van der Waals surface area contributed by atoms with Crippen molar-refractivity contribution in [3.8, 4) is 0 Å². The summed E-state index contributed by atoms with van der Waals surface area (Å²) in [5, 5.41) is 6.25. The molecule has 0 radical (unpaired) electrons. The van der Waals surface area contributed by atoms with Gasteiger partial charge < -0.3 is 15.4 Å². The van der Waals surface area contributed by atoms with Crippen LogP contribution in [0.3, 0.4) is 0 Å². The van der Waals surface area contributed by atoms with Gasteiger partial charge >= 0.3 is 0 Å². The van der Waals surface area contributed by atoms with Crippen LogP contribution in [0.25, 0.3) is 0 Å². The number of rotatable bonds is 4. The first-order valence-corrected chi connectivity index (χ1v) is 8.72. The number of hydrogen-bond donors (Lipinski definition) is 2. The van der Waals surface area contributed by atoms with Crippen molar-refractivity contribution < 1.29 is 14.3 Å². The molecule has 2 N–H and O–H groups in total. The summed E-state index contributed by atoms with van der Waals surface area (Å²) in [6.45, 7) is 2.62. The number of nitrogens with one attached hydrogen (secondary N) is 2. The van der Waals surface area contributed by atoms with E-state index in [1.165, 1.54) is 0 Å². The van der Waals surface area contributed by atoms with E-state index in [0.717, 1.165) is 24.8 Å². The van der Waals surface area contributed by atoms with E-state index in [1.807, 2.05) is 31.2 Å². The van der Waals surface area contributed by atoms with Crippen LogP contribution in [0.4, 0.5) is 0 Å². The van der Waals surface area contributed by atoms with Gasteiger partial charge in [-0.2, -0.15) is 0 Å². The Morgan fingerprint density at radius 2 is 2.21 bits per heavy atom. The van der Waals surface area contributed by atoms with Crippen LogP contribution in [0.15, 0.2) is 24.3 Å². The molecule has 2 aliphatic rings. The lowest BCUT2D eigenvalue weighted by Crippen LogP contribution is -2.56. The number of benzene rings is 1. The minimum absolute atomic E-state index is 0.0299. The number of hydrogen-bond acceptors (Lipinski definition) is 3. The Balaban J connectivity index is 1.62. The SMILES string of the molecule is COCC1CC(=O)NC2CC(NC(=O)c3cccc(C)c3)CCC12. The smallest absolute Gasteiger partial charge is 0.251 e. The van der Waals surface area contributed by atoms with E-state index in [2.05, 4.69) is 10.6 Å². The molecule has 0 aromatic heterocycles. The van der Waals surface area contributed by atoms with E-state index in [0.29, 0.717) is 30.4 Å². The van der Waals surface area contributed by atoms with Crippen molar-refractivity contribution in [3.05, 3.63) is 35.4 Å². The zero-order valence-corrected chi connectivity index (χ0v) is 14.4. The minimum Gasteiger partial charge on any atom is -0.384 e. The third-order valence-electron chi connectivity index (χ3n) is 5.30. The maximum Gasteiger partial charge on any atom is 0.251 e. The molecule has 5 nitrogen and oxygen atoms in total. The van der Waals surface area contributed by atoms with Crippen LogP contribution in [0.5, 0.6) is 0 Å². The Morgan fingerprint density at radius 3 is 2.96 bits per heavy atom. The lowest BCUT2D eigenvalue weighted by molar-refractivity contribution is -0.128. The number of fused-ring (bicyclic) bond motifs is 1. The standard InChI is InChI=1S/C19H26N2O3/c1-12-4-3-5-13(8-12)19(23)20-15-6-7-16-14(11-24-2)9-18(22)21-17(16)10-15/h3-5,8,14-17H,6-7,9-11H2,1-2H3,(H,20,23)(H,21,22).